The van der Waals surface area contributed by atoms with Gasteiger partial charge in [0.15, 0.2) is 9.84 Å². The van der Waals surface area contributed by atoms with E-state index in [2.05, 4.69) is 0 Å². The maximum atomic E-state index is 12.7. The van der Waals surface area contributed by atoms with Crippen LogP contribution in [0.1, 0.15) is 17.2 Å². The molecule has 0 bridgehead atoms. The number of amides is 1. The molecule has 1 N–H and O–H groups in total. The number of sulfone groups is 1. The quantitative estimate of drug-likeness (QED) is 0.361. The van der Waals surface area contributed by atoms with Gasteiger partial charge in [-0.25, -0.2) is 13.5 Å². The number of hydroxylamine groups is 2. The van der Waals surface area contributed by atoms with Gasteiger partial charge in [0.05, 0.1) is 30.9 Å². The Bertz CT molecular complexity index is 1030. The number of rotatable bonds is 8. The molecule has 0 fully saturated rings. The second-order valence-corrected chi connectivity index (χ2v) is 8.23. The van der Waals surface area contributed by atoms with E-state index in [0.717, 1.165) is 5.39 Å². The fourth-order valence-corrected chi connectivity index (χ4v) is 4.52. The van der Waals surface area contributed by atoms with E-state index in [4.69, 9.17) is 9.15 Å². The molecule has 1 unspecified atom stereocenters. The zero-order valence-electron chi connectivity index (χ0n) is 14.6. The highest BCUT2D eigenvalue weighted by atomic mass is 32.2. The molecule has 3 aromatic rings. The van der Waals surface area contributed by atoms with Crippen LogP contribution in [0.4, 0.5) is 0 Å². The summed E-state index contributed by atoms with van der Waals surface area (Å²) in [7, 11) is -2.12. The predicted octanol–water partition coefficient (Wildman–Crippen LogP) is 2.95. The second-order valence-electron chi connectivity index (χ2n) is 6.12. The van der Waals surface area contributed by atoms with Gasteiger partial charge in [0.25, 0.3) is 0 Å². The van der Waals surface area contributed by atoms with E-state index in [0.29, 0.717) is 27.5 Å². The average Bonchev–Trinajstić information content (AvgIpc) is 3.13. The minimum Gasteiger partial charge on any atom is -0.497 e. The number of methoxy groups -OCH3 is 1. The molecule has 27 heavy (non-hydrogen) atoms. The number of carbonyl (C=O) groups excluding carboxylic acids is 1. The van der Waals surface area contributed by atoms with E-state index in [1.807, 2.05) is 0 Å². The van der Waals surface area contributed by atoms with Crippen molar-refractivity contribution in [3.63, 3.8) is 0 Å². The van der Waals surface area contributed by atoms with Gasteiger partial charge in [0.1, 0.15) is 11.3 Å². The Morgan fingerprint density at radius 2 is 1.93 bits per heavy atom. The summed E-state index contributed by atoms with van der Waals surface area (Å²) in [6.07, 6.45) is 1.73. The van der Waals surface area contributed by atoms with Crippen LogP contribution in [0.2, 0.25) is 0 Å². The molecular formula is C19H19NO6S. The second kappa shape index (κ2) is 7.81. The molecular weight excluding hydrogens is 370 g/mol. The molecule has 1 atom stereocenters. The molecule has 2 aromatic carbocycles. The molecule has 0 spiro atoms. The van der Waals surface area contributed by atoms with Gasteiger partial charge < -0.3 is 9.15 Å². The number of nitrogens with zero attached hydrogens (tertiary/aromatic N) is 1. The van der Waals surface area contributed by atoms with Crippen molar-refractivity contribution in [1.82, 2.24) is 5.06 Å². The Morgan fingerprint density at radius 3 is 2.59 bits per heavy atom. The van der Waals surface area contributed by atoms with Crippen LogP contribution in [0.3, 0.4) is 0 Å². The summed E-state index contributed by atoms with van der Waals surface area (Å²) in [5.74, 6) is -0.0461. The number of benzene rings is 2. The molecule has 0 aliphatic heterocycles. The molecule has 1 aromatic heterocycles. The van der Waals surface area contributed by atoms with Gasteiger partial charge in [-0.1, -0.05) is 18.2 Å². The standard InChI is InChI=1S/C19H19NO6S/c1-25-17-5-3-15(4-6-17)18(20(22)13-21)12-27(23,24)11-14-2-7-19-16(10-14)8-9-26-19/h2-10,13,18,22H,11-12H2,1H3. The van der Waals surface area contributed by atoms with Crippen LogP contribution >= 0.6 is 0 Å². The van der Waals surface area contributed by atoms with E-state index < -0.39 is 21.6 Å². The summed E-state index contributed by atoms with van der Waals surface area (Å²) in [5, 5.41) is 11.1. The zero-order valence-corrected chi connectivity index (χ0v) is 15.4. The summed E-state index contributed by atoms with van der Waals surface area (Å²) in [6, 6.07) is 12.4. The van der Waals surface area contributed by atoms with Crippen molar-refractivity contribution in [2.24, 2.45) is 0 Å². The first-order chi connectivity index (χ1) is 12.9. The molecule has 1 amide bonds. The highest BCUT2D eigenvalue weighted by Crippen LogP contribution is 2.25. The molecule has 3 rings (SSSR count). The maximum absolute atomic E-state index is 12.7. The summed E-state index contributed by atoms with van der Waals surface area (Å²) in [6.45, 7) is 0. The van der Waals surface area contributed by atoms with E-state index >= 15 is 0 Å². The molecule has 8 heteroatoms. The van der Waals surface area contributed by atoms with Crippen LogP contribution in [-0.4, -0.2) is 38.0 Å². The number of hydrogen-bond acceptors (Lipinski definition) is 6. The fourth-order valence-electron chi connectivity index (χ4n) is 2.88. The lowest BCUT2D eigenvalue weighted by molar-refractivity contribution is -0.158. The van der Waals surface area contributed by atoms with Crippen LogP contribution in [0.5, 0.6) is 5.75 Å². The Labute approximate surface area is 156 Å². The third kappa shape index (κ3) is 4.47. The molecule has 0 saturated heterocycles. The van der Waals surface area contributed by atoms with E-state index in [1.165, 1.54) is 13.4 Å². The lowest BCUT2D eigenvalue weighted by Crippen LogP contribution is -2.30. The van der Waals surface area contributed by atoms with Gasteiger partial charge in [-0.3, -0.25) is 10.0 Å². The first-order valence-electron chi connectivity index (χ1n) is 8.15. The molecule has 7 nitrogen and oxygen atoms in total. The largest absolute Gasteiger partial charge is 0.497 e. The van der Waals surface area contributed by atoms with Crippen LogP contribution in [0.15, 0.2) is 59.2 Å². The van der Waals surface area contributed by atoms with Crippen molar-refractivity contribution in [3.8, 4) is 5.75 Å². The third-order valence-corrected chi connectivity index (χ3v) is 5.84. The molecule has 0 saturated carbocycles. The Hall–Kier alpha value is -2.84. The lowest BCUT2D eigenvalue weighted by atomic mass is 10.1. The smallest absolute Gasteiger partial charge is 0.233 e. The summed E-state index contributed by atoms with van der Waals surface area (Å²) >= 11 is 0. The first kappa shape index (κ1) is 18.9. The molecule has 0 radical (unpaired) electrons. The fraction of sp³-hybridized carbons (Fsp3) is 0.211. The molecule has 0 aliphatic carbocycles. The van der Waals surface area contributed by atoms with E-state index in [9.17, 15) is 18.4 Å². The van der Waals surface area contributed by atoms with Crippen LogP contribution in [0.25, 0.3) is 11.0 Å². The zero-order chi connectivity index (χ0) is 19.4. The van der Waals surface area contributed by atoms with Crippen molar-refractivity contribution >= 4 is 27.2 Å². The topological polar surface area (TPSA) is 97.1 Å². The number of hydrogen-bond donors (Lipinski definition) is 1. The van der Waals surface area contributed by atoms with Gasteiger partial charge >= 0.3 is 0 Å². The predicted molar refractivity (Wildman–Crippen MR) is 99.1 cm³/mol. The highest BCUT2D eigenvalue weighted by Gasteiger charge is 2.26. The Morgan fingerprint density at radius 1 is 1.19 bits per heavy atom. The number of furan rings is 1. The average molecular weight is 389 g/mol. The van der Waals surface area contributed by atoms with Gasteiger partial charge in [-0.15, -0.1) is 0 Å². The number of fused-ring (bicyclic) bond motifs is 1. The van der Waals surface area contributed by atoms with Crippen molar-refractivity contribution in [1.29, 1.82) is 0 Å². The SMILES string of the molecule is COc1ccc(C(CS(=O)(=O)Cc2ccc3occc3c2)N(O)C=O)cc1. The van der Waals surface area contributed by atoms with Crippen molar-refractivity contribution in [2.75, 3.05) is 12.9 Å². The van der Waals surface area contributed by atoms with Crippen LogP contribution in [0, 0.1) is 0 Å². The van der Waals surface area contributed by atoms with Crippen molar-refractivity contribution < 1.29 is 27.6 Å². The summed E-state index contributed by atoms with van der Waals surface area (Å²) < 4.78 is 35.7. The number of carbonyl (C=O) groups is 1. The lowest BCUT2D eigenvalue weighted by Gasteiger charge is -2.23. The minimum absolute atomic E-state index is 0.196. The Balaban J connectivity index is 1.83. The van der Waals surface area contributed by atoms with E-state index in [-0.39, 0.29) is 12.2 Å². The van der Waals surface area contributed by atoms with Crippen LogP contribution < -0.4 is 4.74 Å². The molecule has 142 valence electrons. The van der Waals surface area contributed by atoms with Gasteiger partial charge in [-0.2, -0.15) is 0 Å². The minimum atomic E-state index is -3.63. The summed E-state index contributed by atoms with van der Waals surface area (Å²) in [5.41, 5.74) is 1.77. The summed E-state index contributed by atoms with van der Waals surface area (Å²) in [4.78, 5) is 11.0. The van der Waals surface area contributed by atoms with Crippen molar-refractivity contribution in [2.45, 2.75) is 11.8 Å². The normalized spacial score (nSPS) is 12.7. The first-order valence-corrected chi connectivity index (χ1v) is 9.97. The third-order valence-electron chi connectivity index (χ3n) is 4.24. The van der Waals surface area contributed by atoms with Crippen molar-refractivity contribution in [3.05, 3.63) is 65.9 Å². The molecule has 0 aliphatic rings. The highest BCUT2D eigenvalue weighted by molar-refractivity contribution is 7.90. The van der Waals surface area contributed by atoms with Gasteiger partial charge in [0, 0.05) is 5.39 Å². The monoisotopic (exact) mass is 389 g/mol. The van der Waals surface area contributed by atoms with Gasteiger partial charge in [0.2, 0.25) is 6.41 Å². The molecule has 1 heterocycles. The maximum Gasteiger partial charge on any atom is 0.233 e. The Kier molecular flexibility index (Phi) is 5.48. The van der Waals surface area contributed by atoms with Crippen LogP contribution in [-0.2, 0) is 20.4 Å². The number of ether oxygens (including phenoxy) is 1. The van der Waals surface area contributed by atoms with Gasteiger partial charge in [-0.05, 0) is 41.5 Å². The van der Waals surface area contributed by atoms with E-state index in [1.54, 1.807) is 48.5 Å².